The van der Waals surface area contributed by atoms with Gasteiger partial charge in [0.2, 0.25) is 5.91 Å². The predicted octanol–water partition coefficient (Wildman–Crippen LogP) is 2.10. The third-order valence-corrected chi connectivity index (χ3v) is 4.18. The molecule has 0 N–H and O–H groups in total. The van der Waals surface area contributed by atoms with Gasteiger partial charge >= 0.3 is 0 Å². The van der Waals surface area contributed by atoms with Crippen LogP contribution in [0.2, 0.25) is 0 Å². The van der Waals surface area contributed by atoms with Crippen LogP contribution in [0.3, 0.4) is 0 Å². The molecule has 18 heavy (non-hydrogen) atoms. The third kappa shape index (κ3) is 2.67. The summed E-state index contributed by atoms with van der Waals surface area (Å²) in [6.07, 6.45) is 6.84. The van der Waals surface area contributed by atoms with Crippen molar-refractivity contribution in [2.75, 3.05) is 20.2 Å². The van der Waals surface area contributed by atoms with Crippen LogP contribution in [-0.2, 0) is 9.53 Å². The highest BCUT2D eigenvalue weighted by Gasteiger charge is 2.42. The Balaban J connectivity index is 1.97. The van der Waals surface area contributed by atoms with Gasteiger partial charge in [0.05, 0.1) is 12.2 Å². The van der Waals surface area contributed by atoms with Gasteiger partial charge in [0.25, 0.3) is 0 Å². The second kappa shape index (κ2) is 5.71. The quantitative estimate of drug-likeness (QED) is 0.770. The second-order valence-corrected chi connectivity index (χ2v) is 5.58. The SMILES string of the molecule is CN(CC1CCCO1)C(=O)C1(C#N)CCCCC1. The number of likely N-dealkylation sites (N-methyl/N-ethyl adjacent to an activating group) is 1. The second-order valence-electron chi connectivity index (χ2n) is 5.58. The van der Waals surface area contributed by atoms with E-state index in [-0.39, 0.29) is 12.0 Å². The van der Waals surface area contributed by atoms with E-state index in [1.807, 2.05) is 0 Å². The number of amides is 1. The van der Waals surface area contributed by atoms with Crippen molar-refractivity contribution in [2.24, 2.45) is 5.41 Å². The van der Waals surface area contributed by atoms with Crippen molar-refractivity contribution < 1.29 is 9.53 Å². The molecule has 1 unspecified atom stereocenters. The van der Waals surface area contributed by atoms with Crippen molar-refractivity contribution >= 4 is 5.91 Å². The minimum atomic E-state index is -0.758. The van der Waals surface area contributed by atoms with Gasteiger partial charge in [-0.25, -0.2) is 0 Å². The van der Waals surface area contributed by atoms with Crippen LogP contribution >= 0.6 is 0 Å². The molecule has 0 bridgehead atoms. The highest BCUT2D eigenvalue weighted by Crippen LogP contribution is 2.37. The Bertz CT molecular complexity index is 336. The Morgan fingerprint density at radius 2 is 2.11 bits per heavy atom. The van der Waals surface area contributed by atoms with Crippen molar-refractivity contribution in [1.82, 2.24) is 4.90 Å². The summed E-state index contributed by atoms with van der Waals surface area (Å²) < 4.78 is 5.55. The molecule has 1 heterocycles. The maximum absolute atomic E-state index is 12.5. The summed E-state index contributed by atoms with van der Waals surface area (Å²) in [6.45, 7) is 1.43. The molecule has 1 atom stereocenters. The number of nitriles is 1. The summed E-state index contributed by atoms with van der Waals surface area (Å²) in [6, 6.07) is 2.29. The maximum atomic E-state index is 12.5. The smallest absolute Gasteiger partial charge is 0.242 e. The van der Waals surface area contributed by atoms with E-state index in [1.54, 1.807) is 11.9 Å². The predicted molar refractivity (Wildman–Crippen MR) is 67.7 cm³/mol. The Kier molecular flexibility index (Phi) is 4.23. The fourth-order valence-electron chi connectivity index (χ4n) is 3.07. The van der Waals surface area contributed by atoms with Crippen molar-refractivity contribution in [3.63, 3.8) is 0 Å². The van der Waals surface area contributed by atoms with Crippen LogP contribution in [0.15, 0.2) is 0 Å². The molecule has 4 heteroatoms. The van der Waals surface area contributed by atoms with Crippen molar-refractivity contribution in [2.45, 2.75) is 51.0 Å². The van der Waals surface area contributed by atoms with E-state index in [0.717, 1.165) is 51.6 Å². The zero-order valence-electron chi connectivity index (χ0n) is 11.2. The molecular weight excluding hydrogens is 228 g/mol. The summed E-state index contributed by atoms with van der Waals surface area (Å²) >= 11 is 0. The molecule has 0 spiro atoms. The average Bonchev–Trinajstić information content (AvgIpc) is 2.91. The lowest BCUT2D eigenvalue weighted by molar-refractivity contribution is -0.140. The van der Waals surface area contributed by atoms with Crippen LogP contribution in [-0.4, -0.2) is 37.1 Å². The van der Waals surface area contributed by atoms with Crippen molar-refractivity contribution in [1.29, 1.82) is 5.26 Å². The molecule has 0 radical (unpaired) electrons. The zero-order valence-corrected chi connectivity index (χ0v) is 11.2. The first kappa shape index (κ1) is 13.4. The fourth-order valence-corrected chi connectivity index (χ4v) is 3.07. The number of nitrogens with zero attached hydrogens (tertiary/aromatic N) is 2. The molecule has 0 aromatic heterocycles. The van der Waals surface area contributed by atoms with Gasteiger partial charge in [-0.1, -0.05) is 19.3 Å². The van der Waals surface area contributed by atoms with E-state index in [1.165, 1.54) is 0 Å². The number of rotatable bonds is 3. The molecule has 4 nitrogen and oxygen atoms in total. The highest BCUT2D eigenvalue weighted by atomic mass is 16.5. The fraction of sp³-hybridized carbons (Fsp3) is 0.857. The Morgan fingerprint density at radius 3 is 2.67 bits per heavy atom. The van der Waals surface area contributed by atoms with Gasteiger partial charge in [-0.3, -0.25) is 4.79 Å². The molecule has 1 saturated carbocycles. The Labute approximate surface area is 109 Å². The first-order valence-electron chi connectivity index (χ1n) is 6.96. The lowest BCUT2D eigenvalue weighted by atomic mass is 9.74. The molecule has 2 fully saturated rings. The number of hydrogen-bond acceptors (Lipinski definition) is 3. The lowest BCUT2D eigenvalue weighted by Gasteiger charge is -2.33. The van der Waals surface area contributed by atoms with E-state index in [4.69, 9.17) is 4.74 Å². The van der Waals surface area contributed by atoms with Crippen LogP contribution in [0.25, 0.3) is 0 Å². The van der Waals surface area contributed by atoms with E-state index < -0.39 is 5.41 Å². The van der Waals surface area contributed by atoms with Crippen molar-refractivity contribution in [3.05, 3.63) is 0 Å². The number of hydrogen-bond donors (Lipinski definition) is 0. The van der Waals surface area contributed by atoms with E-state index in [9.17, 15) is 10.1 Å². The Hall–Kier alpha value is -1.08. The molecule has 1 amide bonds. The molecule has 0 aromatic rings. The molecule has 100 valence electrons. The van der Waals surface area contributed by atoms with Gasteiger partial charge in [0, 0.05) is 20.2 Å². The monoisotopic (exact) mass is 250 g/mol. The normalized spacial score (nSPS) is 26.6. The van der Waals surface area contributed by atoms with Crippen LogP contribution < -0.4 is 0 Å². The average molecular weight is 250 g/mol. The minimum absolute atomic E-state index is 0.000185. The summed E-state index contributed by atoms with van der Waals surface area (Å²) in [5, 5.41) is 9.39. The summed E-state index contributed by atoms with van der Waals surface area (Å²) in [7, 11) is 1.80. The first-order valence-corrected chi connectivity index (χ1v) is 6.96. The molecule has 0 aromatic carbocycles. The summed E-state index contributed by atoms with van der Waals surface area (Å²) in [5.74, 6) is 0.000185. The number of carbonyl (C=O) groups is 1. The van der Waals surface area contributed by atoms with Gasteiger partial charge in [0.15, 0.2) is 0 Å². The van der Waals surface area contributed by atoms with Gasteiger partial charge < -0.3 is 9.64 Å². The molecule has 2 rings (SSSR count). The summed E-state index contributed by atoms with van der Waals surface area (Å²) in [4.78, 5) is 14.2. The third-order valence-electron chi connectivity index (χ3n) is 4.18. The van der Waals surface area contributed by atoms with Gasteiger partial charge in [-0.2, -0.15) is 5.26 Å². The van der Waals surface area contributed by atoms with Gasteiger partial charge in [-0.15, -0.1) is 0 Å². The molecule has 1 aliphatic heterocycles. The highest BCUT2D eigenvalue weighted by molar-refractivity contribution is 5.85. The number of ether oxygens (including phenoxy) is 1. The summed E-state index contributed by atoms with van der Waals surface area (Å²) in [5.41, 5.74) is -0.758. The topological polar surface area (TPSA) is 53.3 Å². The first-order chi connectivity index (χ1) is 8.68. The van der Waals surface area contributed by atoms with E-state index in [2.05, 4.69) is 6.07 Å². The van der Waals surface area contributed by atoms with Crippen LogP contribution in [0.4, 0.5) is 0 Å². The Morgan fingerprint density at radius 1 is 1.39 bits per heavy atom. The van der Waals surface area contributed by atoms with Gasteiger partial charge in [-0.05, 0) is 25.7 Å². The van der Waals surface area contributed by atoms with Crippen molar-refractivity contribution in [3.8, 4) is 6.07 Å². The standard InChI is InChI=1S/C14H22N2O2/c1-16(10-12-6-5-9-18-12)13(17)14(11-15)7-3-2-4-8-14/h12H,2-10H2,1H3. The van der Waals surface area contributed by atoms with E-state index in [0.29, 0.717) is 6.54 Å². The van der Waals surface area contributed by atoms with E-state index >= 15 is 0 Å². The lowest BCUT2D eigenvalue weighted by Crippen LogP contribution is -2.45. The maximum Gasteiger partial charge on any atom is 0.242 e. The molecule has 1 saturated heterocycles. The van der Waals surface area contributed by atoms with Gasteiger partial charge in [0.1, 0.15) is 5.41 Å². The molecular formula is C14H22N2O2. The minimum Gasteiger partial charge on any atom is -0.376 e. The largest absolute Gasteiger partial charge is 0.376 e. The van der Waals surface area contributed by atoms with Crippen LogP contribution in [0.5, 0.6) is 0 Å². The zero-order chi connectivity index (χ0) is 13.0. The van der Waals surface area contributed by atoms with Crippen LogP contribution in [0.1, 0.15) is 44.9 Å². The molecule has 1 aliphatic carbocycles. The number of carbonyl (C=O) groups excluding carboxylic acids is 1. The molecule has 2 aliphatic rings. The van der Waals surface area contributed by atoms with Crippen LogP contribution in [0, 0.1) is 16.7 Å².